The molecule has 0 radical (unpaired) electrons. The van der Waals surface area contributed by atoms with Crippen LogP contribution in [-0.4, -0.2) is 63.2 Å². The zero-order valence-electron chi connectivity index (χ0n) is 10.8. The smallest absolute Gasteiger partial charge is 0.0114 e. The summed E-state index contributed by atoms with van der Waals surface area (Å²) in [6.45, 7) is 7.36. The van der Waals surface area contributed by atoms with Gasteiger partial charge in [0.1, 0.15) is 0 Å². The first-order chi connectivity index (χ1) is 7.13. The van der Waals surface area contributed by atoms with Crippen LogP contribution >= 0.6 is 0 Å². The molecular formula is C12H27N3. The molecule has 0 aliphatic carbocycles. The Balaban J connectivity index is 2.17. The molecule has 1 heterocycles. The number of piperidine rings is 1. The van der Waals surface area contributed by atoms with Crippen LogP contribution in [0.1, 0.15) is 19.8 Å². The zero-order chi connectivity index (χ0) is 11.3. The molecule has 1 N–H and O–H groups in total. The van der Waals surface area contributed by atoms with Crippen molar-refractivity contribution in [3.63, 3.8) is 0 Å². The fourth-order valence-electron chi connectivity index (χ4n) is 2.47. The van der Waals surface area contributed by atoms with E-state index in [0.717, 1.165) is 12.0 Å². The average molecular weight is 213 g/mol. The highest BCUT2D eigenvalue weighted by Crippen LogP contribution is 2.16. The van der Waals surface area contributed by atoms with Gasteiger partial charge in [-0.2, -0.15) is 0 Å². The summed E-state index contributed by atoms with van der Waals surface area (Å²) in [5.74, 6) is 0.795. The Bertz CT molecular complexity index is 170. The van der Waals surface area contributed by atoms with E-state index < -0.39 is 0 Å². The van der Waals surface area contributed by atoms with Gasteiger partial charge in [0, 0.05) is 12.6 Å². The normalized spacial score (nSPS) is 28.6. The van der Waals surface area contributed by atoms with Crippen molar-refractivity contribution in [1.29, 1.82) is 0 Å². The molecule has 2 atom stereocenters. The minimum atomic E-state index is 0.732. The Kier molecular flexibility index (Phi) is 5.58. The Hall–Kier alpha value is -0.120. The first-order valence-electron chi connectivity index (χ1n) is 6.18. The van der Waals surface area contributed by atoms with Crippen molar-refractivity contribution < 1.29 is 0 Å². The number of likely N-dealkylation sites (tertiary alicyclic amines) is 1. The van der Waals surface area contributed by atoms with Crippen molar-refractivity contribution >= 4 is 0 Å². The lowest BCUT2D eigenvalue weighted by Crippen LogP contribution is -2.47. The summed E-state index contributed by atoms with van der Waals surface area (Å²) in [7, 11) is 6.38. The quantitative estimate of drug-likeness (QED) is 0.731. The summed E-state index contributed by atoms with van der Waals surface area (Å²) in [4.78, 5) is 4.88. The summed E-state index contributed by atoms with van der Waals surface area (Å²) >= 11 is 0. The fourth-order valence-corrected chi connectivity index (χ4v) is 2.47. The summed E-state index contributed by atoms with van der Waals surface area (Å²) < 4.78 is 0. The molecule has 2 unspecified atom stereocenters. The number of hydrogen-bond acceptors (Lipinski definition) is 3. The predicted molar refractivity (Wildman–Crippen MR) is 66.2 cm³/mol. The molecule has 1 saturated heterocycles. The third kappa shape index (κ3) is 4.49. The number of rotatable bonds is 5. The molecule has 1 aliphatic heterocycles. The molecule has 0 aromatic carbocycles. The highest BCUT2D eigenvalue weighted by atomic mass is 15.2. The molecule has 90 valence electrons. The van der Waals surface area contributed by atoms with Gasteiger partial charge < -0.3 is 15.1 Å². The van der Waals surface area contributed by atoms with Crippen LogP contribution in [0.4, 0.5) is 0 Å². The lowest BCUT2D eigenvalue weighted by atomic mass is 9.94. The molecule has 0 aromatic rings. The topological polar surface area (TPSA) is 18.5 Å². The van der Waals surface area contributed by atoms with Gasteiger partial charge in [0.05, 0.1) is 0 Å². The summed E-state index contributed by atoms with van der Waals surface area (Å²) in [6, 6.07) is 0.732. The van der Waals surface area contributed by atoms with E-state index in [1.54, 1.807) is 0 Å². The van der Waals surface area contributed by atoms with E-state index in [0.29, 0.717) is 0 Å². The van der Waals surface area contributed by atoms with Gasteiger partial charge >= 0.3 is 0 Å². The van der Waals surface area contributed by atoms with E-state index in [4.69, 9.17) is 0 Å². The van der Waals surface area contributed by atoms with Gasteiger partial charge in [-0.25, -0.2) is 0 Å². The van der Waals surface area contributed by atoms with E-state index >= 15 is 0 Å². The lowest BCUT2D eigenvalue weighted by Gasteiger charge is -2.36. The van der Waals surface area contributed by atoms with Gasteiger partial charge in [-0.05, 0) is 59.5 Å². The maximum Gasteiger partial charge on any atom is 0.0114 e. The maximum absolute atomic E-state index is 3.41. The van der Waals surface area contributed by atoms with Gasteiger partial charge in [-0.1, -0.05) is 6.92 Å². The van der Waals surface area contributed by atoms with Crippen LogP contribution in [0.5, 0.6) is 0 Å². The van der Waals surface area contributed by atoms with E-state index in [2.05, 4.69) is 43.2 Å². The van der Waals surface area contributed by atoms with Crippen molar-refractivity contribution in [3.05, 3.63) is 0 Å². The molecule has 3 nitrogen and oxygen atoms in total. The maximum atomic E-state index is 3.41. The molecule has 0 aromatic heterocycles. The van der Waals surface area contributed by atoms with Crippen molar-refractivity contribution in [1.82, 2.24) is 15.1 Å². The monoisotopic (exact) mass is 213 g/mol. The Morgan fingerprint density at radius 3 is 2.67 bits per heavy atom. The largest absolute Gasteiger partial charge is 0.317 e. The van der Waals surface area contributed by atoms with Gasteiger partial charge in [-0.15, -0.1) is 0 Å². The minimum absolute atomic E-state index is 0.732. The second kappa shape index (κ2) is 6.46. The molecule has 0 amide bonds. The second-order valence-corrected chi connectivity index (χ2v) is 5.12. The van der Waals surface area contributed by atoms with Crippen molar-refractivity contribution in [2.24, 2.45) is 5.92 Å². The van der Waals surface area contributed by atoms with Crippen LogP contribution in [0.25, 0.3) is 0 Å². The Morgan fingerprint density at radius 2 is 2.13 bits per heavy atom. The van der Waals surface area contributed by atoms with E-state index in [1.165, 1.54) is 39.0 Å². The predicted octanol–water partition coefficient (Wildman–Crippen LogP) is 0.868. The number of nitrogens with zero attached hydrogens (tertiary/aromatic N) is 2. The molecule has 3 heteroatoms. The third-order valence-corrected chi connectivity index (χ3v) is 3.44. The van der Waals surface area contributed by atoms with Crippen LogP contribution in [0.3, 0.4) is 0 Å². The standard InChI is InChI=1S/C12H27N3/c1-11-10-15(8-5-7-14(3)4)9-6-12(11)13-2/h11-13H,5-10H2,1-4H3. The first kappa shape index (κ1) is 12.9. The lowest BCUT2D eigenvalue weighted by molar-refractivity contribution is 0.146. The molecular weight excluding hydrogens is 186 g/mol. The fraction of sp³-hybridized carbons (Fsp3) is 1.00. The molecule has 0 bridgehead atoms. The van der Waals surface area contributed by atoms with E-state index in [1.807, 2.05) is 0 Å². The van der Waals surface area contributed by atoms with Gasteiger partial charge in [0.2, 0.25) is 0 Å². The highest BCUT2D eigenvalue weighted by Gasteiger charge is 2.23. The Morgan fingerprint density at radius 1 is 1.40 bits per heavy atom. The second-order valence-electron chi connectivity index (χ2n) is 5.12. The molecule has 0 spiro atoms. The minimum Gasteiger partial charge on any atom is -0.317 e. The van der Waals surface area contributed by atoms with Crippen LogP contribution in [0.2, 0.25) is 0 Å². The molecule has 15 heavy (non-hydrogen) atoms. The van der Waals surface area contributed by atoms with Crippen LogP contribution in [0, 0.1) is 5.92 Å². The first-order valence-corrected chi connectivity index (χ1v) is 6.18. The molecule has 1 fully saturated rings. The Labute approximate surface area is 94.8 Å². The average Bonchev–Trinajstić information content (AvgIpc) is 2.17. The van der Waals surface area contributed by atoms with Crippen LogP contribution in [-0.2, 0) is 0 Å². The SMILES string of the molecule is CNC1CCN(CCCN(C)C)CC1C. The van der Waals surface area contributed by atoms with Crippen LogP contribution in [0.15, 0.2) is 0 Å². The van der Waals surface area contributed by atoms with Crippen molar-refractivity contribution in [2.45, 2.75) is 25.8 Å². The summed E-state index contributed by atoms with van der Waals surface area (Å²) in [5.41, 5.74) is 0. The highest BCUT2D eigenvalue weighted by molar-refractivity contribution is 4.81. The molecule has 1 rings (SSSR count). The molecule has 1 aliphatic rings. The van der Waals surface area contributed by atoms with E-state index in [9.17, 15) is 0 Å². The number of hydrogen-bond donors (Lipinski definition) is 1. The van der Waals surface area contributed by atoms with Gasteiger partial charge in [0.15, 0.2) is 0 Å². The number of nitrogens with one attached hydrogen (secondary N) is 1. The third-order valence-electron chi connectivity index (χ3n) is 3.44. The summed E-state index contributed by atoms with van der Waals surface area (Å²) in [6.07, 6.45) is 2.60. The molecule has 0 saturated carbocycles. The summed E-state index contributed by atoms with van der Waals surface area (Å²) in [5, 5.41) is 3.41. The van der Waals surface area contributed by atoms with Crippen molar-refractivity contribution in [2.75, 3.05) is 47.3 Å². The van der Waals surface area contributed by atoms with E-state index in [-0.39, 0.29) is 0 Å². The van der Waals surface area contributed by atoms with Gasteiger partial charge in [0.25, 0.3) is 0 Å². The van der Waals surface area contributed by atoms with Crippen LogP contribution < -0.4 is 5.32 Å². The van der Waals surface area contributed by atoms with Gasteiger partial charge in [-0.3, -0.25) is 0 Å². The zero-order valence-corrected chi connectivity index (χ0v) is 10.8. The van der Waals surface area contributed by atoms with Crippen molar-refractivity contribution in [3.8, 4) is 0 Å².